The van der Waals surface area contributed by atoms with Crippen molar-refractivity contribution in [3.63, 3.8) is 0 Å². The van der Waals surface area contributed by atoms with E-state index in [4.69, 9.17) is 4.74 Å². The number of fused-ring (bicyclic) bond motifs is 1. The lowest BCUT2D eigenvalue weighted by atomic mass is 10.1. The van der Waals surface area contributed by atoms with E-state index >= 15 is 0 Å². The number of hydrogen-bond acceptors (Lipinski definition) is 5. The number of pyridine rings is 1. The standard InChI is InChI=1S/C19H20N4O2/c24-18-16-14-20-19(23-10-12-25-13-11-23)21-17(16)7-9-22(18)8-6-15-4-2-1-3-5-15/h1-5,7,9,14H,6,8,10-13H2. The van der Waals surface area contributed by atoms with Gasteiger partial charge in [-0.2, -0.15) is 0 Å². The Labute approximate surface area is 145 Å². The maximum absolute atomic E-state index is 12.7. The molecule has 4 rings (SSSR count). The molecule has 0 bridgehead atoms. The normalized spacial score (nSPS) is 14.8. The average molecular weight is 336 g/mol. The second kappa shape index (κ2) is 7.03. The first-order chi connectivity index (χ1) is 12.3. The van der Waals surface area contributed by atoms with Gasteiger partial charge in [-0.05, 0) is 18.1 Å². The molecule has 1 fully saturated rings. The largest absolute Gasteiger partial charge is 0.378 e. The predicted molar refractivity (Wildman–Crippen MR) is 97.0 cm³/mol. The van der Waals surface area contributed by atoms with Crippen LogP contribution in [0.3, 0.4) is 0 Å². The maximum Gasteiger partial charge on any atom is 0.261 e. The molecule has 2 aromatic heterocycles. The molecule has 6 nitrogen and oxygen atoms in total. The first-order valence-corrected chi connectivity index (χ1v) is 8.54. The van der Waals surface area contributed by atoms with Gasteiger partial charge in [-0.15, -0.1) is 0 Å². The van der Waals surface area contributed by atoms with Crippen molar-refractivity contribution in [1.82, 2.24) is 14.5 Å². The molecule has 0 radical (unpaired) electrons. The summed E-state index contributed by atoms with van der Waals surface area (Å²) >= 11 is 0. The molecular formula is C19H20N4O2. The van der Waals surface area contributed by atoms with E-state index in [0.29, 0.717) is 36.6 Å². The summed E-state index contributed by atoms with van der Waals surface area (Å²) in [6, 6.07) is 12.1. The number of nitrogens with zero attached hydrogens (tertiary/aromatic N) is 4. The SMILES string of the molecule is O=c1c2cnc(N3CCOCC3)nc2ccn1CCc1ccccc1. The molecule has 0 spiro atoms. The molecule has 0 N–H and O–H groups in total. The summed E-state index contributed by atoms with van der Waals surface area (Å²) < 4.78 is 7.09. The molecule has 1 aliphatic heterocycles. The van der Waals surface area contributed by atoms with Gasteiger partial charge < -0.3 is 14.2 Å². The van der Waals surface area contributed by atoms with Crippen molar-refractivity contribution >= 4 is 16.9 Å². The highest BCUT2D eigenvalue weighted by Crippen LogP contribution is 2.14. The van der Waals surface area contributed by atoms with Gasteiger partial charge in [-0.25, -0.2) is 9.97 Å². The molecular weight excluding hydrogens is 316 g/mol. The van der Waals surface area contributed by atoms with E-state index < -0.39 is 0 Å². The molecule has 0 aliphatic carbocycles. The Morgan fingerprint density at radius 3 is 2.68 bits per heavy atom. The van der Waals surface area contributed by atoms with E-state index in [0.717, 1.165) is 19.5 Å². The molecule has 0 atom stereocenters. The highest BCUT2D eigenvalue weighted by Gasteiger charge is 2.15. The Bertz CT molecular complexity index is 918. The quantitative estimate of drug-likeness (QED) is 0.728. The summed E-state index contributed by atoms with van der Waals surface area (Å²) in [5, 5.41) is 0.563. The summed E-state index contributed by atoms with van der Waals surface area (Å²) in [6.07, 6.45) is 4.29. The topological polar surface area (TPSA) is 60.3 Å². The molecule has 128 valence electrons. The fourth-order valence-corrected chi connectivity index (χ4v) is 3.05. The van der Waals surface area contributed by atoms with Crippen molar-refractivity contribution in [3.05, 3.63) is 64.7 Å². The van der Waals surface area contributed by atoms with Gasteiger partial charge in [0.25, 0.3) is 5.56 Å². The van der Waals surface area contributed by atoms with Gasteiger partial charge in [-0.3, -0.25) is 4.79 Å². The zero-order valence-electron chi connectivity index (χ0n) is 14.0. The average Bonchev–Trinajstić information content (AvgIpc) is 2.69. The van der Waals surface area contributed by atoms with Crippen molar-refractivity contribution in [1.29, 1.82) is 0 Å². The lowest BCUT2D eigenvalue weighted by molar-refractivity contribution is 0.122. The first-order valence-electron chi connectivity index (χ1n) is 8.54. The predicted octanol–water partition coefficient (Wildman–Crippen LogP) is 1.87. The van der Waals surface area contributed by atoms with Crippen LogP contribution in [0, 0.1) is 0 Å². The molecule has 1 aromatic carbocycles. The van der Waals surface area contributed by atoms with Crippen LogP contribution in [0.4, 0.5) is 5.95 Å². The molecule has 0 saturated carbocycles. The molecule has 6 heteroatoms. The van der Waals surface area contributed by atoms with Crippen molar-refractivity contribution in [3.8, 4) is 0 Å². The van der Waals surface area contributed by atoms with Gasteiger partial charge in [0.1, 0.15) is 0 Å². The van der Waals surface area contributed by atoms with Crippen LogP contribution in [0.2, 0.25) is 0 Å². The molecule has 0 amide bonds. The van der Waals surface area contributed by atoms with Crippen LogP contribution in [-0.2, 0) is 17.7 Å². The van der Waals surface area contributed by atoms with Crippen LogP contribution in [0.25, 0.3) is 10.9 Å². The molecule has 25 heavy (non-hydrogen) atoms. The highest BCUT2D eigenvalue weighted by atomic mass is 16.5. The van der Waals surface area contributed by atoms with Gasteiger partial charge in [0.05, 0.1) is 24.1 Å². The van der Waals surface area contributed by atoms with Crippen molar-refractivity contribution in [2.24, 2.45) is 0 Å². The number of rotatable bonds is 4. The van der Waals surface area contributed by atoms with Gasteiger partial charge in [0.2, 0.25) is 5.95 Å². The second-order valence-electron chi connectivity index (χ2n) is 6.12. The Hall–Kier alpha value is -2.73. The summed E-state index contributed by atoms with van der Waals surface area (Å²) in [7, 11) is 0. The molecule has 0 unspecified atom stereocenters. The Morgan fingerprint density at radius 1 is 1.08 bits per heavy atom. The summed E-state index contributed by atoms with van der Waals surface area (Å²) in [4.78, 5) is 23.7. The zero-order chi connectivity index (χ0) is 17.1. The number of aryl methyl sites for hydroxylation is 2. The third kappa shape index (κ3) is 3.39. The Morgan fingerprint density at radius 2 is 1.88 bits per heavy atom. The molecule has 3 heterocycles. The van der Waals surface area contributed by atoms with Crippen molar-refractivity contribution < 1.29 is 4.74 Å². The van der Waals surface area contributed by atoms with Crippen LogP contribution in [0.5, 0.6) is 0 Å². The van der Waals surface area contributed by atoms with Crippen LogP contribution in [0.1, 0.15) is 5.56 Å². The van der Waals surface area contributed by atoms with Crippen LogP contribution >= 0.6 is 0 Å². The number of hydrogen-bond donors (Lipinski definition) is 0. The number of ether oxygens (including phenoxy) is 1. The van der Waals surface area contributed by atoms with Gasteiger partial charge in [0.15, 0.2) is 0 Å². The number of anilines is 1. The van der Waals surface area contributed by atoms with Gasteiger partial charge in [0, 0.05) is 32.0 Å². The lowest BCUT2D eigenvalue weighted by Crippen LogP contribution is -2.37. The summed E-state index contributed by atoms with van der Waals surface area (Å²) in [6.45, 7) is 3.56. The molecule has 3 aromatic rings. The Balaban J connectivity index is 1.58. The second-order valence-corrected chi connectivity index (χ2v) is 6.12. The van der Waals surface area contributed by atoms with Gasteiger partial charge in [-0.1, -0.05) is 30.3 Å². The molecule has 1 aliphatic rings. The smallest absolute Gasteiger partial charge is 0.261 e. The van der Waals surface area contributed by atoms with Crippen LogP contribution in [-0.4, -0.2) is 40.8 Å². The number of morpholine rings is 1. The third-order valence-corrected chi connectivity index (χ3v) is 4.49. The highest BCUT2D eigenvalue weighted by molar-refractivity contribution is 5.77. The summed E-state index contributed by atoms with van der Waals surface area (Å²) in [5.74, 6) is 0.664. The van der Waals surface area contributed by atoms with Crippen LogP contribution in [0.15, 0.2) is 53.6 Å². The van der Waals surface area contributed by atoms with Crippen molar-refractivity contribution in [2.75, 3.05) is 31.2 Å². The van der Waals surface area contributed by atoms with E-state index in [1.807, 2.05) is 30.5 Å². The lowest BCUT2D eigenvalue weighted by Gasteiger charge is -2.26. The van der Waals surface area contributed by atoms with E-state index in [9.17, 15) is 4.79 Å². The third-order valence-electron chi connectivity index (χ3n) is 4.49. The first kappa shape index (κ1) is 15.8. The molecule has 1 saturated heterocycles. The fourth-order valence-electron chi connectivity index (χ4n) is 3.05. The monoisotopic (exact) mass is 336 g/mol. The van der Waals surface area contributed by atoms with Crippen LogP contribution < -0.4 is 10.5 Å². The minimum absolute atomic E-state index is 0.0399. The van der Waals surface area contributed by atoms with E-state index in [1.165, 1.54) is 5.56 Å². The maximum atomic E-state index is 12.7. The van der Waals surface area contributed by atoms with Crippen molar-refractivity contribution in [2.45, 2.75) is 13.0 Å². The summed E-state index contributed by atoms with van der Waals surface area (Å²) in [5.41, 5.74) is 1.87. The minimum atomic E-state index is -0.0399. The minimum Gasteiger partial charge on any atom is -0.378 e. The Kier molecular flexibility index (Phi) is 4.43. The van der Waals surface area contributed by atoms with Gasteiger partial charge >= 0.3 is 0 Å². The fraction of sp³-hybridized carbons (Fsp3) is 0.316. The number of benzene rings is 1. The van der Waals surface area contributed by atoms with E-state index in [1.54, 1.807) is 10.8 Å². The number of aromatic nitrogens is 3. The zero-order valence-corrected chi connectivity index (χ0v) is 14.0. The van der Waals surface area contributed by atoms with E-state index in [2.05, 4.69) is 27.0 Å². The van der Waals surface area contributed by atoms with E-state index in [-0.39, 0.29) is 5.56 Å².